The van der Waals surface area contributed by atoms with Gasteiger partial charge in [-0.1, -0.05) is 6.58 Å². The largest absolute Gasteiger partial charge is 0.432 e. The van der Waals surface area contributed by atoms with E-state index in [4.69, 9.17) is 5.26 Å². The van der Waals surface area contributed by atoms with Crippen molar-refractivity contribution in [2.75, 3.05) is 6.79 Å². The lowest BCUT2D eigenvalue weighted by molar-refractivity contribution is -0.288. The molecular weight excluding hydrogens is 112 g/mol. The Morgan fingerprint density at radius 2 is 2.50 bits per heavy atom. The molecule has 46 valence electrons. The van der Waals surface area contributed by atoms with Crippen molar-refractivity contribution in [1.29, 1.82) is 0 Å². The third kappa shape index (κ3) is 3.32. The molecule has 0 saturated heterocycles. The normalized spacial score (nSPS) is 8.12. The molecule has 0 aromatic carbocycles. The van der Waals surface area contributed by atoms with Crippen molar-refractivity contribution >= 4 is 5.97 Å². The Labute approximate surface area is 46.3 Å². The van der Waals surface area contributed by atoms with E-state index in [0.29, 0.717) is 0 Å². The molecule has 0 aromatic rings. The highest BCUT2D eigenvalue weighted by atomic mass is 17.1. The number of hydrogen-bond donors (Lipinski definition) is 1. The Hall–Kier alpha value is -0.870. The van der Waals surface area contributed by atoms with E-state index in [2.05, 4.69) is 16.2 Å². The lowest BCUT2D eigenvalue weighted by atomic mass is 10.7. The molecule has 0 radical (unpaired) electrons. The Morgan fingerprint density at radius 3 is 2.88 bits per heavy atom. The van der Waals surface area contributed by atoms with Gasteiger partial charge in [0.25, 0.3) is 0 Å². The van der Waals surface area contributed by atoms with Gasteiger partial charge in [0.05, 0.1) is 0 Å². The molecule has 0 aliphatic carbocycles. The lowest BCUT2D eigenvalue weighted by Crippen LogP contribution is -2.02. The summed E-state index contributed by atoms with van der Waals surface area (Å²) in [6, 6.07) is 0. The zero-order chi connectivity index (χ0) is 6.41. The van der Waals surface area contributed by atoms with Crippen molar-refractivity contribution < 1.29 is 19.7 Å². The molecule has 0 heterocycles. The van der Waals surface area contributed by atoms with E-state index in [1.165, 1.54) is 0 Å². The Balaban J connectivity index is 3.11. The van der Waals surface area contributed by atoms with Crippen LogP contribution in [0.15, 0.2) is 12.7 Å². The molecule has 0 atom stereocenters. The quantitative estimate of drug-likeness (QED) is 0.188. The summed E-state index contributed by atoms with van der Waals surface area (Å²) in [4.78, 5) is 13.5. The van der Waals surface area contributed by atoms with E-state index < -0.39 is 12.8 Å². The smallest absolute Gasteiger partial charge is 0.332 e. The number of esters is 1. The van der Waals surface area contributed by atoms with E-state index >= 15 is 0 Å². The van der Waals surface area contributed by atoms with Crippen LogP contribution in [-0.4, -0.2) is 18.0 Å². The lowest BCUT2D eigenvalue weighted by Gasteiger charge is -1.93. The Bertz CT molecular complexity index is 88.0. The Morgan fingerprint density at radius 1 is 1.88 bits per heavy atom. The fourth-order valence-electron chi connectivity index (χ4n) is 0.143. The van der Waals surface area contributed by atoms with Crippen LogP contribution < -0.4 is 0 Å². The van der Waals surface area contributed by atoms with Crippen molar-refractivity contribution in [3.63, 3.8) is 0 Å². The minimum absolute atomic E-state index is 0.454. The van der Waals surface area contributed by atoms with Crippen LogP contribution in [0.1, 0.15) is 0 Å². The maximum absolute atomic E-state index is 10.0. The standard InChI is InChI=1S/C4H6O4/c1-2-4(5)7-3-8-6/h2,6H,1,3H2. The molecule has 4 nitrogen and oxygen atoms in total. The topological polar surface area (TPSA) is 55.8 Å². The van der Waals surface area contributed by atoms with Crippen LogP contribution in [0.5, 0.6) is 0 Å². The summed E-state index contributed by atoms with van der Waals surface area (Å²) in [5.74, 6) is -0.626. The first-order valence-electron chi connectivity index (χ1n) is 1.87. The second kappa shape index (κ2) is 4.29. The summed E-state index contributed by atoms with van der Waals surface area (Å²) < 4.78 is 4.11. The minimum atomic E-state index is -0.626. The van der Waals surface area contributed by atoms with Crippen LogP contribution >= 0.6 is 0 Å². The molecule has 0 fully saturated rings. The summed E-state index contributed by atoms with van der Waals surface area (Å²) in [5, 5.41) is 7.60. The van der Waals surface area contributed by atoms with Gasteiger partial charge >= 0.3 is 5.97 Å². The maximum Gasteiger partial charge on any atom is 0.332 e. The first-order valence-corrected chi connectivity index (χ1v) is 1.87. The second-order valence-corrected chi connectivity index (χ2v) is 0.914. The van der Waals surface area contributed by atoms with E-state index in [0.717, 1.165) is 6.08 Å². The first-order chi connectivity index (χ1) is 3.81. The molecule has 0 unspecified atom stereocenters. The van der Waals surface area contributed by atoms with E-state index in [1.54, 1.807) is 0 Å². The fraction of sp³-hybridized carbons (Fsp3) is 0.250. The second-order valence-electron chi connectivity index (χ2n) is 0.914. The molecule has 0 aliphatic rings. The third-order valence-corrected chi connectivity index (χ3v) is 0.421. The summed E-state index contributed by atoms with van der Waals surface area (Å²) in [6.45, 7) is 2.65. The van der Waals surface area contributed by atoms with Gasteiger partial charge in [0.2, 0.25) is 6.79 Å². The maximum atomic E-state index is 10.0. The van der Waals surface area contributed by atoms with Crippen LogP contribution in [0.4, 0.5) is 0 Å². The van der Waals surface area contributed by atoms with Gasteiger partial charge in [-0.2, -0.15) is 4.89 Å². The molecule has 0 saturated carbocycles. The molecule has 0 rings (SSSR count). The average Bonchev–Trinajstić information content (AvgIpc) is 1.83. The summed E-state index contributed by atoms with van der Waals surface area (Å²) in [6.07, 6.45) is 0.971. The van der Waals surface area contributed by atoms with Crippen LogP contribution in [0.3, 0.4) is 0 Å². The molecule has 0 bridgehead atoms. The van der Waals surface area contributed by atoms with Crippen molar-refractivity contribution in [1.82, 2.24) is 0 Å². The molecular formula is C4H6O4. The summed E-state index contributed by atoms with van der Waals surface area (Å²) in [5.41, 5.74) is 0. The monoisotopic (exact) mass is 118 g/mol. The van der Waals surface area contributed by atoms with Crippen molar-refractivity contribution in [2.45, 2.75) is 0 Å². The Kier molecular flexibility index (Phi) is 3.83. The molecule has 0 aromatic heterocycles. The van der Waals surface area contributed by atoms with E-state index in [-0.39, 0.29) is 0 Å². The van der Waals surface area contributed by atoms with Gasteiger partial charge in [-0.3, -0.25) is 0 Å². The van der Waals surface area contributed by atoms with Crippen molar-refractivity contribution in [3.8, 4) is 0 Å². The molecule has 8 heavy (non-hydrogen) atoms. The number of carbonyl (C=O) groups excluding carboxylic acids is 1. The predicted molar refractivity (Wildman–Crippen MR) is 24.9 cm³/mol. The highest BCUT2D eigenvalue weighted by Crippen LogP contribution is 1.76. The van der Waals surface area contributed by atoms with Crippen LogP contribution in [0, 0.1) is 0 Å². The van der Waals surface area contributed by atoms with E-state index in [1.807, 2.05) is 0 Å². The highest BCUT2D eigenvalue weighted by molar-refractivity contribution is 5.81. The fourth-order valence-corrected chi connectivity index (χ4v) is 0.143. The number of carbonyl (C=O) groups is 1. The predicted octanol–water partition coefficient (Wildman–Crippen LogP) is 0.163. The zero-order valence-electron chi connectivity index (χ0n) is 4.16. The van der Waals surface area contributed by atoms with Crippen LogP contribution in [-0.2, 0) is 14.4 Å². The van der Waals surface area contributed by atoms with Gasteiger partial charge in [-0.15, -0.1) is 0 Å². The van der Waals surface area contributed by atoms with Gasteiger partial charge in [0.15, 0.2) is 0 Å². The zero-order valence-corrected chi connectivity index (χ0v) is 4.16. The average molecular weight is 118 g/mol. The third-order valence-electron chi connectivity index (χ3n) is 0.421. The summed E-state index contributed by atoms with van der Waals surface area (Å²) in [7, 11) is 0. The van der Waals surface area contributed by atoms with Crippen LogP contribution in [0.2, 0.25) is 0 Å². The minimum Gasteiger partial charge on any atom is -0.432 e. The highest BCUT2D eigenvalue weighted by Gasteiger charge is 1.90. The molecule has 1 N–H and O–H groups in total. The SMILES string of the molecule is C=CC(=O)OCOO. The van der Waals surface area contributed by atoms with Gasteiger partial charge < -0.3 is 4.74 Å². The number of ether oxygens (including phenoxy) is 1. The van der Waals surface area contributed by atoms with Crippen molar-refractivity contribution in [2.24, 2.45) is 0 Å². The van der Waals surface area contributed by atoms with Gasteiger partial charge in [0, 0.05) is 6.08 Å². The molecule has 4 heteroatoms. The van der Waals surface area contributed by atoms with Gasteiger partial charge in [0.1, 0.15) is 0 Å². The molecule has 0 aliphatic heterocycles. The first kappa shape index (κ1) is 7.13. The molecule has 0 amide bonds. The van der Waals surface area contributed by atoms with Crippen molar-refractivity contribution in [3.05, 3.63) is 12.7 Å². The number of hydrogen-bond acceptors (Lipinski definition) is 4. The van der Waals surface area contributed by atoms with E-state index in [9.17, 15) is 4.79 Å². The molecule has 0 spiro atoms. The van der Waals surface area contributed by atoms with Gasteiger partial charge in [-0.25, -0.2) is 10.1 Å². The summed E-state index contributed by atoms with van der Waals surface area (Å²) >= 11 is 0. The number of rotatable bonds is 3. The van der Waals surface area contributed by atoms with Crippen LogP contribution in [0.25, 0.3) is 0 Å². The van der Waals surface area contributed by atoms with Gasteiger partial charge in [-0.05, 0) is 0 Å².